The van der Waals surface area contributed by atoms with Gasteiger partial charge in [-0.3, -0.25) is 14.6 Å². The van der Waals surface area contributed by atoms with Gasteiger partial charge in [-0.05, 0) is 37.8 Å². The molecule has 1 aromatic heterocycles. The lowest BCUT2D eigenvalue weighted by molar-refractivity contribution is -0.155. The molecule has 2 saturated heterocycles. The second-order valence-electron chi connectivity index (χ2n) is 7.59. The molecule has 0 unspecified atom stereocenters. The van der Waals surface area contributed by atoms with Crippen LogP contribution in [0.25, 0.3) is 0 Å². The standard InChI is InChI=1S/C19H25N3O4/c23-14-8-12(9-14)19(25)22-6-3-17-16(11-22)15(4-7-26-17)18(24)21-13-2-1-5-20-10-13/h1-2,5,10,12,14-17,23H,3-4,6-9,11H2,(H,21,24)/t12?,14?,15-,16+,17-/m1/s1. The van der Waals surface area contributed by atoms with Crippen LogP contribution in [-0.4, -0.2) is 58.7 Å². The summed E-state index contributed by atoms with van der Waals surface area (Å²) in [7, 11) is 0. The first-order valence-corrected chi connectivity index (χ1v) is 9.41. The number of likely N-dealkylation sites (tertiary alicyclic amines) is 1. The fraction of sp³-hybridized carbons (Fsp3) is 0.632. The number of ether oxygens (including phenoxy) is 1. The number of carbonyl (C=O) groups is 2. The van der Waals surface area contributed by atoms with Gasteiger partial charge < -0.3 is 20.1 Å². The van der Waals surface area contributed by atoms with Gasteiger partial charge in [-0.2, -0.15) is 0 Å². The number of rotatable bonds is 3. The molecule has 2 aliphatic heterocycles. The first-order chi connectivity index (χ1) is 12.6. The fourth-order valence-electron chi connectivity index (χ4n) is 4.36. The number of nitrogens with zero attached hydrogens (tertiary/aromatic N) is 2. The monoisotopic (exact) mass is 359 g/mol. The SMILES string of the molecule is O=C(Nc1cccnc1)[C@@H]1CCO[C@@H]2CCN(C(=O)C3CC(O)C3)C[C@H]21. The van der Waals surface area contributed by atoms with Crippen molar-refractivity contribution in [2.75, 3.05) is 25.0 Å². The Morgan fingerprint density at radius 1 is 1.31 bits per heavy atom. The van der Waals surface area contributed by atoms with Crippen molar-refractivity contribution in [1.82, 2.24) is 9.88 Å². The third-order valence-corrected chi connectivity index (χ3v) is 5.91. The fourth-order valence-corrected chi connectivity index (χ4v) is 4.36. The number of amides is 2. The molecule has 7 nitrogen and oxygen atoms in total. The van der Waals surface area contributed by atoms with Crippen molar-refractivity contribution in [1.29, 1.82) is 0 Å². The van der Waals surface area contributed by atoms with E-state index in [2.05, 4.69) is 10.3 Å². The van der Waals surface area contributed by atoms with Crippen LogP contribution in [-0.2, 0) is 14.3 Å². The lowest BCUT2D eigenvalue weighted by Crippen LogP contribution is -2.55. The Morgan fingerprint density at radius 2 is 2.15 bits per heavy atom. The summed E-state index contributed by atoms with van der Waals surface area (Å²) in [6.07, 6.45) is 5.55. The van der Waals surface area contributed by atoms with Gasteiger partial charge in [0.05, 0.1) is 24.1 Å². The van der Waals surface area contributed by atoms with Crippen molar-refractivity contribution >= 4 is 17.5 Å². The highest BCUT2D eigenvalue weighted by atomic mass is 16.5. The maximum atomic E-state index is 12.8. The number of carbonyl (C=O) groups excluding carboxylic acids is 2. The van der Waals surface area contributed by atoms with E-state index in [4.69, 9.17) is 4.74 Å². The lowest BCUT2D eigenvalue weighted by Gasteiger charge is -2.46. The summed E-state index contributed by atoms with van der Waals surface area (Å²) >= 11 is 0. The maximum absolute atomic E-state index is 12.8. The van der Waals surface area contributed by atoms with Crippen molar-refractivity contribution in [3.8, 4) is 0 Å². The zero-order valence-electron chi connectivity index (χ0n) is 14.7. The van der Waals surface area contributed by atoms with Crippen LogP contribution in [0, 0.1) is 17.8 Å². The van der Waals surface area contributed by atoms with E-state index in [-0.39, 0.29) is 41.8 Å². The zero-order valence-corrected chi connectivity index (χ0v) is 14.7. The van der Waals surface area contributed by atoms with Gasteiger partial charge >= 0.3 is 0 Å². The Labute approximate surface area is 152 Å². The number of pyridine rings is 1. The Balaban J connectivity index is 1.42. The van der Waals surface area contributed by atoms with E-state index < -0.39 is 0 Å². The summed E-state index contributed by atoms with van der Waals surface area (Å²) in [6, 6.07) is 3.61. The quantitative estimate of drug-likeness (QED) is 0.842. The number of aliphatic hydroxyl groups excluding tert-OH is 1. The van der Waals surface area contributed by atoms with Crippen molar-refractivity contribution in [2.24, 2.45) is 17.8 Å². The predicted octanol–water partition coefficient (Wildman–Crippen LogP) is 1.04. The second-order valence-corrected chi connectivity index (χ2v) is 7.59. The van der Waals surface area contributed by atoms with Crippen LogP contribution in [0.2, 0.25) is 0 Å². The number of aromatic nitrogens is 1. The highest BCUT2D eigenvalue weighted by Gasteiger charge is 2.44. The molecule has 0 radical (unpaired) electrons. The molecule has 7 heteroatoms. The molecule has 140 valence electrons. The minimum Gasteiger partial charge on any atom is -0.393 e. The summed E-state index contributed by atoms with van der Waals surface area (Å²) in [5.74, 6) is -0.121. The van der Waals surface area contributed by atoms with E-state index in [0.717, 1.165) is 6.42 Å². The number of nitrogens with one attached hydrogen (secondary N) is 1. The van der Waals surface area contributed by atoms with Gasteiger partial charge in [-0.15, -0.1) is 0 Å². The smallest absolute Gasteiger partial charge is 0.228 e. The molecule has 3 aliphatic rings. The number of hydrogen-bond acceptors (Lipinski definition) is 5. The molecule has 0 bridgehead atoms. The maximum Gasteiger partial charge on any atom is 0.228 e. The van der Waals surface area contributed by atoms with Crippen LogP contribution < -0.4 is 5.32 Å². The predicted molar refractivity (Wildman–Crippen MR) is 94.1 cm³/mol. The highest BCUT2D eigenvalue weighted by molar-refractivity contribution is 5.92. The van der Waals surface area contributed by atoms with Crippen LogP contribution in [0.5, 0.6) is 0 Å². The van der Waals surface area contributed by atoms with Gasteiger partial charge in [-0.1, -0.05) is 0 Å². The molecule has 3 atom stereocenters. The molecule has 26 heavy (non-hydrogen) atoms. The number of piperidine rings is 1. The van der Waals surface area contributed by atoms with Crippen LogP contribution in [0.3, 0.4) is 0 Å². The van der Waals surface area contributed by atoms with Crippen LogP contribution in [0.15, 0.2) is 24.5 Å². The van der Waals surface area contributed by atoms with E-state index in [9.17, 15) is 14.7 Å². The van der Waals surface area contributed by atoms with E-state index in [0.29, 0.717) is 44.6 Å². The molecular formula is C19H25N3O4. The Morgan fingerprint density at radius 3 is 2.88 bits per heavy atom. The van der Waals surface area contributed by atoms with E-state index in [1.54, 1.807) is 18.5 Å². The summed E-state index contributed by atoms with van der Waals surface area (Å²) in [6.45, 7) is 1.81. The number of fused-ring (bicyclic) bond motifs is 1. The molecular weight excluding hydrogens is 334 g/mol. The Kier molecular flexibility index (Phi) is 4.91. The third-order valence-electron chi connectivity index (χ3n) is 5.91. The molecule has 1 aliphatic carbocycles. The average molecular weight is 359 g/mol. The molecule has 3 fully saturated rings. The summed E-state index contributed by atoms with van der Waals surface area (Å²) in [5, 5.41) is 12.4. The van der Waals surface area contributed by atoms with Crippen molar-refractivity contribution in [2.45, 2.75) is 37.9 Å². The topological polar surface area (TPSA) is 91.8 Å². The van der Waals surface area contributed by atoms with E-state index in [1.807, 2.05) is 11.0 Å². The van der Waals surface area contributed by atoms with Crippen LogP contribution in [0.4, 0.5) is 5.69 Å². The van der Waals surface area contributed by atoms with Gasteiger partial charge in [0.1, 0.15) is 0 Å². The third kappa shape index (κ3) is 3.46. The van der Waals surface area contributed by atoms with E-state index >= 15 is 0 Å². The second kappa shape index (κ2) is 7.32. The van der Waals surface area contributed by atoms with Gasteiger partial charge in [0.25, 0.3) is 0 Å². The molecule has 1 saturated carbocycles. The molecule has 2 amide bonds. The first-order valence-electron chi connectivity index (χ1n) is 9.41. The highest BCUT2D eigenvalue weighted by Crippen LogP contribution is 2.36. The van der Waals surface area contributed by atoms with Gasteiger partial charge in [0.15, 0.2) is 0 Å². The molecule has 2 N–H and O–H groups in total. The molecule has 3 heterocycles. The summed E-state index contributed by atoms with van der Waals surface area (Å²) in [5.41, 5.74) is 0.688. The van der Waals surface area contributed by atoms with E-state index in [1.165, 1.54) is 0 Å². The minimum atomic E-state index is -0.336. The van der Waals surface area contributed by atoms with Crippen molar-refractivity contribution < 1.29 is 19.4 Å². The molecule has 0 spiro atoms. The number of anilines is 1. The lowest BCUT2D eigenvalue weighted by atomic mass is 9.77. The van der Waals surface area contributed by atoms with Gasteiger partial charge in [0.2, 0.25) is 11.8 Å². The first kappa shape index (κ1) is 17.4. The van der Waals surface area contributed by atoms with Crippen LogP contribution in [0.1, 0.15) is 25.7 Å². The Hall–Kier alpha value is -1.99. The molecule has 4 rings (SSSR count). The number of aliphatic hydroxyl groups is 1. The molecule has 0 aromatic carbocycles. The van der Waals surface area contributed by atoms with Gasteiger partial charge in [-0.25, -0.2) is 0 Å². The van der Waals surface area contributed by atoms with Crippen molar-refractivity contribution in [3.05, 3.63) is 24.5 Å². The number of hydrogen-bond donors (Lipinski definition) is 2. The largest absolute Gasteiger partial charge is 0.393 e. The minimum absolute atomic E-state index is 0.0168. The Bertz CT molecular complexity index is 662. The molecule has 1 aromatic rings. The summed E-state index contributed by atoms with van der Waals surface area (Å²) < 4.78 is 5.89. The van der Waals surface area contributed by atoms with Crippen molar-refractivity contribution in [3.63, 3.8) is 0 Å². The summed E-state index contributed by atoms with van der Waals surface area (Å²) in [4.78, 5) is 31.3. The van der Waals surface area contributed by atoms with Crippen LogP contribution >= 0.6 is 0 Å². The van der Waals surface area contributed by atoms with Gasteiger partial charge in [0, 0.05) is 43.6 Å². The normalized spacial score (nSPS) is 33.7. The average Bonchev–Trinajstić information content (AvgIpc) is 2.64. The zero-order chi connectivity index (χ0) is 18.1.